The molecule has 1 aliphatic rings. The van der Waals surface area contributed by atoms with E-state index in [-0.39, 0.29) is 22.0 Å². The number of fused-ring (bicyclic) bond motifs is 1. The van der Waals surface area contributed by atoms with E-state index >= 15 is 0 Å². The first-order valence-corrected chi connectivity index (χ1v) is 11.6. The number of nitrogens with zero attached hydrogens (tertiary/aromatic N) is 3. The lowest BCUT2D eigenvalue weighted by atomic mass is 9.72. The zero-order valence-corrected chi connectivity index (χ0v) is 19.3. The van der Waals surface area contributed by atoms with E-state index in [9.17, 15) is 23.2 Å². The van der Waals surface area contributed by atoms with Crippen LogP contribution in [0.3, 0.4) is 0 Å². The molecule has 0 radical (unpaired) electrons. The zero-order chi connectivity index (χ0) is 23.0. The molecule has 1 N–H and O–H groups in total. The minimum atomic E-state index is -4.58. The lowest BCUT2D eigenvalue weighted by Crippen LogP contribution is -2.26. The van der Waals surface area contributed by atoms with Crippen molar-refractivity contribution in [3.8, 4) is 6.07 Å². The average molecular weight is 469 g/mol. The molecule has 0 saturated carbocycles. The van der Waals surface area contributed by atoms with Gasteiger partial charge in [-0.1, -0.05) is 32.5 Å². The summed E-state index contributed by atoms with van der Waals surface area (Å²) in [5.74, 6) is -0.0598. The van der Waals surface area contributed by atoms with Crippen LogP contribution in [0.4, 0.5) is 18.2 Å². The summed E-state index contributed by atoms with van der Waals surface area (Å²) in [6.07, 6.45) is -1.90. The number of thiophene rings is 1. The number of carbonyl (C=O) groups excluding carboxylic acids is 1. The molecule has 0 fully saturated rings. The van der Waals surface area contributed by atoms with Gasteiger partial charge in [-0.05, 0) is 49.1 Å². The van der Waals surface area contributed by atoms with Crippen LogP contribution in [0.2, 0.25) is 0 Å². The first-order chi connectivity index (χ1) is 14.4. The highest BCUT2D eigenvalue weighted by Gasteiger charge is 2.34. The normalized spacial score (nSPS) is 16.5. The molecule has 0 bridgehead atoms. The van der Waals surface area contributed by atoms with E-state index in [0.29, 0.717) is 16.5 Å². The molecule has 1 amide bonds. The molecule has 0 aromatic carbocycles. The maximum absolute atomic E-state index is 12.9. The van der Waals surface area contributed by atoms with Crippen molar-refractivity contribution >= 4 is 34.0 Å². The average Bonchev–Trinajstić information content (AvgIpc) is 3.00. The molecule has 0 spiro atoms. The largest absolute Gasteiger partial charge is 0.433 e. The van der Waals surface area contributed by atoms with E-state index in [4.69, 9.17) is 0 Å². The second-order valence-corrected chi connectivity index (χ2v) is 10.7. The number of thioether (sulfide) groups is 1. The third kappa shape index (κ3) is 5.57. The number of amides is 1. The number of halogens is 3. The van der Waals surface area contributed by atoms with Crippen molar-refractivity contribution in [2.75, 3.05) is 11.1 Å². The summed E-state index contributed by atoms with van der Waals surface area (Å²) in [4.78, 5) is 21.0. The summed E-state index contributed by atoms with van der Waals surface area (Å²) in [6, 6.07) is 3.07. The van der Waals surface area contributed by atoms with Crippen LogP contribution in [-0.2, 0) is 23.8 Å². The molecule has 3 rings (SSSR count). The Hall–Kier alpha value is -2.12. The van der Waals surface area contributed by atoms with Crippen molar-refractivity contribution in [2.45, 2.75) is 58.3 Å². The molecule has 31 heavy (non-hydrogen) atoms. The number of alkyl halides is 3. The molecule has 1 atom stereocenters. The molecule has 166 valence electrons. The SMILES string of the molecule is Cc1cc(C(F)(F)F)nc(SCC(=O)Nc2sc3c(c2C#N)CC[C@@H](C(C)(C)C)C3)n1. The number of carbonyl (C=O) groups is 1. The minimum Gasteiger partial charge on any atom is -0.316 e. The standard InChI is InChI=1S/C21H23F3N4OS2/c1-11-7-16(21(22,23)24)27-19(26-11)30-10-17(29)28-18-14(9-25)13-6-5-12(20(2,3)4)8-15(13)31-18/h7,12H,5-6,8,10H2,1-4H3,(H,28,29)/t12-/m1/s1. The summed E-state index contributed by atoms with van der Waals surface area (Å²) in [7, 11) is 0. The van der Waals surface area contributed by atoms with Gasteiger partial charge in [0.2, 0.25) is 5.91 Å². The minimum absolute atomic E-state index is 0.110. The fourth-order valence-electron chi connectivity index (χ4n) is 3.58. The topological polar surface area (TPSA) is 78.7 Å². The van der Waals surface area contributed by atoms with Gasteiger partial charge in [0.05, 0.1) is 11.3 Å². The van der Waals surface area contributed by atoms with Gasteiger partial charge in [-0.3, -0.25) is 4.79 Å². The molecule has 2 heterocycles. The summed E-state index contributed by atoms with van der Waals surface area (Å²) in [5, 5.41) is 12.8. The molecule has 1 aliphatic carbocycles. The second kappa shape index (κ2) is 8.79. The fraction of sp³-hybridized carbons (Fsp3) is 0.524. The molecule has 5 nitrogen and oxygen atoms in total. The Kier molecular flexibility index (Phi) is 6.67. The second-order valence-electron chi connectivity index (χ2n) is 8.64. The van der Waals surface area contributed by atoms with E-state index in [1.54, 1.807) is 0 Å². The lowest BCUT2D eigenvalue weighted by molar-refractivity contribution is -0.141. The van der Waals surface area contributed by atoms with Crippen LogP contribution in [-0.4, -0.2) is 21.6 Å². The van der Waals surface area contributed by atoms with Gasteiger partial charge in [0.25, 0.3) is 0 Å². The van der Waals surface area contributed by atoms with E-state index < -0.39 is 17.8 Å². The van der Waals surface area contributed by atoms with Gasteiger partial charge in [-0.25, -0.2) is 9.97 Å². The first-order valence-electron chi connectivity index (χ1n) is 9.78. The Morgan fingerprint density at radius 1 is 1.35 bits per heavy atom. The number of rotatable bonds is 4. The van der Waals surface area contributed by atoms with Gasteiger partial charge in [-0.15, -0.1) is 11.3 Å². The van der Waals surface area contributed by atoms with Gasteiger partial charge >= 0.3 is 6.18 Å². The van der Waals surface area contributed by atoms with E-state index in [2.05, 4.69) is 42.1 Å². The quantitative estimate of drug-likeness (QED) is 0.466. The predicted molar refractivity (Wildman–Crippen MR) is 115 cm³/mol. The summed E-state index contributed by atoms with van der Waals surface area (Å²) in [5.41, 5.74) is 0.812. The summed E-state index contributed by atoms with van der Waals surface area (Å²) in [6.45, 7) is 8.07. The highest BCUT2D eigenvalue weighted by molar-refractivity contribution is 7.99. The maximum Gasteiger partial charge on any atom is 0.433 e. The van der Waals surface area contributed by atoms with Crippen LogP contribution in [0.15, 0.2) is 11.2 Å². The number of aromatic nitrogens is 2. The Morgan fingerprint density at radius 2 is 2.06 bits per heavy atom. The molecular weight excluding hydrogens is 445 g/mol. The van der Waals surface area contributed by atoms with Crippen LogP contribution < -0.4 is 5.32 Å². The van der Waals surface area contributed by atoms with Crippen LogP contribution in [0.5, 0.6) is 0 Å². The van der Waals surface area contributed by atoms with Crippen molar-refractivity contribution in [1.29, 1.82) is 5.26 Å². The maximum atomic E-state index is 12.9. The number of anilines is 1. The third-order valence-corrected chi connectivity index (χ3v) is 7.33. The number of hydrogen-bond acceptors (Lipinski definition) is 6. The van der Waals surface area contributed by atoms with Gasteiger partial charge in [0.15, 0.2) is 5.16 Å². The predicted octanol–water partition coefficient (Wildman–Crippen LogP) is 5.62. The highest BCUT2D eigenvalue weighted by Crippen LogP contribution is 2.44. The fourth-order valence-corrected chi connectivity index (χ4v) is 5.57. The number of nitriles is 1. The zero-order valence-electron chi connectivity index (χ0n) is 17.7. The molecule has 2 aromatic rings. The van der Waals surface area contributed by atoms with Crippen molar-refractivity contribution in [2.24, 2.45) is 11.3 Å². The van der Waals surface area contributed by atoms with Crippen LogP contribution in [0.25, 0.3) is 0 Å². The number of aryl methyl sites for hydroxylation is 1. The molecule has 0 aliphatic heterocycles. The van der Waals surface area contributed by atoms with Crippen molar-refractivity contribution < 1.29 is 18.0 Å². The van der Waals surface area contributed by atoms with Gasteiger partial charge in [-0.2, -0.15) is 18.4 Å². The molecule has 10 heteroatoms. The molecular formula is C21H23F3N4OS2. The van der Waals surface area contributed by atoms with E-state index in [1.807, 2.05) is 0 Å². The van der Waals surface area contributed by atoms with E-state index in [1.165, 1.54) is 18.3 Å². The summed E-state index contributed by atoms with van der Waals surface area (Å²) < 4.78 is 38.8. The Labute approximate surface area is 187 Å². The van der Waals surface area contributed by atoms with Gasteiger partial charge in [0.1, 0.15) is 16.8 Å². The Balaban J connectivity index is 1.70. The number of nitrogens with one attached hydrogen (secondary N) is 1. The number of hydrogen-bond donors (Lipinski definition) is 1. The molecule has 0 unspecified atom stereocenters. The summed E-state index contributed by atoms with van der Waals surface area (Å²) >= 11 is 2.25. The van der Waals surface area contributed by atoms with E-state index in [0.717, 1.165) is 47.5 Å². The lowest BCUT2D eigenvalue weighted by Gasteiger charge is -2.33. The van der Waals surface area contributed by atoms with Gasteiger partial charge < -0.3 is 5.32 Å². The third-order valence-electron chi connectivity index (χ3n) is 5.31. The van der Waals surface area contributed by atoms with Crippen LogP contribution >= 0.6 is 23.1 Å². The highest BCUT2D eigenvalue weighted by atomic mass is 32.2. The van der Waals surface area contributed by atoms with Crippen molar-refractivity contribution in [3.63, 3.8) is 0 Å². The Bertz CT molecular complexity index is 1030. The first kappa shape index (κ1) is 23.5. The molecule has 0 saturated heterocycles. The van der Waals surface area contributed by atoms with Crippen LogP contribution in [0.1, 0.15) is 54.6 Å². The Morgan fingerprint density at radius 3 is 2.68 bits per heavy atom. The van der Waals surface area contributed by atoms with Crippen LogP contribution in [0, 0.1) is 29.6 Å². The smallest absolute Gasteiger partial charge is 0.316 e. The van der Waals surface area contributed by atoms with Crippen molar-refractivity contribution in [1.82, 2.24) is 9.97 Å². The monoisotopic (exact) mass is 468 g/mol. The molecule has 2 aromatic heterocycles. The van der Waals surface area contributed by atoms with Gasteiger partial charge in [0, 0.05) is 10.6 Å². The van der Waals surface area contributed by atoms with Crippen molar-refractivity contribution in [3.05, 3.63) is 33.5 Å².